The first-order chi connectivity index (χ1) is 12.5. The number of nitrogens with zero attached hydrogens (tertiary/aromatic N) is 1. The van der Waals surface area contributed by atoms with Crippen LogP contribution < -0.4 is 10.6 Å². The molecule has 1 aromatic heterocycles. The average Bonchev–Trinajstić information content (AvgIpc) is 3.07. The molecule has 0 unspecified atom stereocenters. The molecule has 0 aliphatic carbocycles. The number of rotatable bonds is 5. The lowest BCUT2D eigenvalue weighted by molar-refractivity contribution is 0.252. The Hall–Kier alpha value is -2.74. The van der Waals surface area contributed by atoms with Gasteiger partial charge in [-0.25, -0.2) is 18.6 Å². The number of carbonyl (C=O) groups excluding carboxylic acids is 1. The molecule has 134 valence electrons. The quantitative estimate of drug-likeness (QED) is 0.624. The predicted octanol–water partition coefficient (Wildman–Crippen LogP) is 4.75. The van der Waals surface area contributed by atoms with Gasteiger partial charge in [0.05, 0.1) is 11.4 Å². The third-order valence-electron chi connectivity index (χ3n) is 3.49. The van der Waals surface area contributed by atoms with Gasteiger partial charge in [-0.2, -0.15) is 0 Å². The van der Waals surface area contributed by atoms with Crippen molar-refractivity contribution in [3.05, 3.63) is 70.5 Å². The zero-order valence-corrected chi connectivity index (χ0v) is 15.0. The van der Waals surface area contributed by atoms with E-state index in [1.807, 2.05) is 0 Å². The van der Waals surface area contributed by atoms with E-state index < -0.39 is 11.8 Å². The van der Waals surface area contributed by atoms with E-state index in [1.54, 1.807) is 18.2 Å². The van der Waals surface area contributed by atoms with Gasteiger partial charge in [0.2, 0.25) is 5.89 Å². The summed E-state index contributed by atoms with van der Waals surface area (Å²) >= 11 is 3.15. The van der Waals surface area contributed by atoms with Gasteiger partial charge in [0.1, 0.15) is 17.9 Å². The van der Waals surface area contributed by atoms with Crippen molar-refractivity contribution >= 4 is 27.6 Å². The SMILES string of the molecule is O=C(NCCc1coc(-c2ccc(F)cc2)n1)Nc1ccc(Br)cc1F. The van der Waals surface area contributed by atoms with Crippen LogP contribution in [0.15, 0.2) is 57.6 Å². The molecule has 2 N–H and O–H groups in total. The first-order valence-corrected chi connectivity index (χ1v) is 8.51. The fourth-order valence-electron chi connectivity index (χ4n) is 2.21. The van der Waals surface area contributed by atoms with E-state index in [4.69, 9.17) is 4.42 Å². The summed E-state index contributed by atoms with van der Waals surface area (Å²) in [7, 11) is 0. The maximum Gasteiger partial charge on any atom is 0.319 e. The van der Waals surface area contributed by atoms with Gasteiger partial charge in [-0.15, -0.1) is 0 Å². The van der Waals surface area contributed by atoms with E-state index in [1.165, 1.54) is 30.5 Å². The third kappa shape index (κ3) is 4.66. The van der Waals surface area contributed by atoms with Crippen LogP contribution in [0.3, 0.4) is 0 Å². The van der Waals surface area contributed by atoms with Gasteiger partial charge < -0.3 is 15.1 Å². The molecule has 26 heavy (non-hydrogen) atoms. The van der Waals surface area contributed by atoms with Crippen LogP contribution >= 0.6 is 15.9 Å². The van der Waals surface area contributed by atoms with Crippen LogP contribution in [0.5, 0.6) is 0 Å². The summed E-state index contributed by atoms with van der Waals surface area (Å²) in [5, 5.41) is 5.05. The van der Waals surface area contributed by atoms with Crippen LogP contribution in [-0.4, -0.2) is 17.6 Å². The number of halogens is 3. The Morgan fingerprint density at radius 2 is 1.92 bits per heavy atom. The second-order valence-electron chi connectivity index (χ2n) is 5.41. The lowest BCUT2D eigenvalue weighted by Gasteiger charge is -2.08. The summed E-state index contributed by atoms with van der Waals surface area (Å²) in [6, 6.07) is 9.64. The predicted molar refractivity (Wildman–Crippen MR) is 96.7 cm³/mol. The molecule has 3 aromatic rings. The Morgan fingerprint density at radius 1 is 1.15 bits per heavy atom. The number of nitrogens with one attached hydrogen (secondary N) is 2. The van der Waals surface area contributed by atoms with Crippen molar-refractivity contribution in [1.82, 2.24) is 10.3 Å². The third-order valence-corrected chi connectivity index (χ3v) is 3.98. The monoisotopic (exact) mass is 421 g/mol. The van der Waals surface area contributed by atoms with Crippen molar-refractivity contribution < 1.29 is 18.0 Å². The second kappa shape index (κ2) is 8.09. The molecule has 2 aromatic carbocycles. The lowest BCUT2D eigenvalue weighted by Crippen LogP contribution is -2.30. The van der Waals surface area contributed by atoms with Gasteiger partial charge >= 0.3 is 6.03 Å². The van der Waals surface area contributed by atoms with Crippen LogP contribution in [0.4, 0.5) is 19.3 Å². The number of amides is 2. The topological polar surface area (TPSA) is 67.2 Å². The highest BCUT2D eigenvalue weighted by Crippen LogP contribution is 2.20. The molecule has 1 heterocycles. The van der Waals surface area contributed by atoms with Gasteiger partial charge in [-0.1, -0.05) is 15.9 Å². The zero-order valence-electron chi connectivity index (χ0n) is 13.4. The maximum absolute atomic E-state index is 13.7. The highest BCUT2D eigenvalue weighted by molar-refractivity contribution is 9.10. The molecule has 0 saturated heterocycles. The first-order valence-electron chi connectivity index (χ1n) is 7.71. The van der Waals surface area contributed by atoms with E-state index in [0.29, 0.717) is 34.6 Å². The molecule has 3 rings (SSSR count). The molecule has 0 atom stereocenters. The molecule has 0 aliphatic heterocycles. The fraction of sp³-hybridized carbons (Fsp3) is 0.111. The van der Waals surface area contributed by atoms with E-state index in [9.17, 15) is 13.6 Å². The largest absolute Gasteiger partial charge is 0.444 e. The molecule has 0 aliphatic rings. The Bertz CT molecular complexity index is 913. The summed E-state index contributed by atoms with van der Waals surface area (Å²) in [4.78, 5) is 16.1. The summed E-state index contributed by atoms with van der Waals surface area (Å²) in [5.74, 6) is -0.491. The zero-order chi connectivity index (χ0) is 18.5. The van der Waals surface area contributed by atoms with E-state index in [0.717, 1.165) is 0 Å². The Labute approximate surface area is 156 Å². The van der Waals surface area contributed by atoms with Crippen LogP contribution in [0, 0.1) is 11.6 Å². The minimum Gasteiger partial charge on any atom is -0.444 e. The van der Waals surface area contributed by atoms with Crippen molar-refractivity contribution in [2.75, 3.05) is 11.9 Å². The van der Waals surface area contributed by atoms with Gasteiger partial charge in [0.25, 0.3) is 0 Å². The molecule has 0 radical (unpaired) electrons. The van der Waals surface area contributed by atoms with E-state index in [2.05, 4.69) is 31.5 Å². The van der Waals surface area contributed by atoms with E-state index >= 15 is 0 Å². The number of anilines is 1. The first kappa shape index (κ1) is 18.1. The number of carbonyl (C=O) groups is 1. The molecule has 8 heteroatoms. The van der Waals surface area contributed by atoms with Crippen molar-refractivity contribution in [3.63, 3.8) is 0 Å². The van der Waals surface area contributed by atoms with Crippen molar-refractivity contribution in [2.45, 2.75) is 6.42 Å². The fourth-order valence-corrected chi connectivity index (χ4v) is 2.54. The Kier molecular flexibility index (Phi) is 5.62. The summed E-state index contributed by atoms with van der Waals surface area (Å²) in [6.07, 6.45) is 1.91. The van der Waals surface area contributed by atoms with Crippen LogP contribution in [0.25, 0.3) is 11.5 Å². The maximum atomic E-state index is 13.7. The number of hydrogen-bond donors (Lipinski definition) is 2. The standard InChI is InChI=1S/C18H14BrF2N3O2/c19-12-3-6-16(15(21)9-12)24-18(25)22-8-7-14-10-26-17(23-14)11-1-4-13(20)5-2-11/h1-6,9-10H,7-8H2,(H2,22,24,25). The molecular weight excluding hydrogens is 408 g/mol. The lowest BCUT2D eigenvalue weighted by atomic mass is 10.2. The minimum absolute atomic E-state index is 0.0886. The molecule has 0 saturated carbocycles. The normalized spacial score (nSPS) is 10.6. The van der Waals surface area contributed by atoms with E-state index in [-0.39, 0.29) is 11.5 Å². The molecule has 0 spiro atoms. The number of aromatic nitrogens is 1. The molecular formula is C18H14BrF2N3O2. The molecule has 0 fully saturated rings. The number of benzene rings is 2. The number of oxazole rings is 1. The molecule has 5 nitrogen and oxygen atoms in total. The number of hydrogen-bond acceptors (Lipinski definition) is 3. The van der Waals surface area contributed by atoms with Crippen LogP contribution in [-0.2, 0) is 6.42 Å². The average molecular weight is 422 g/mol. The van der Waals surface area contributed by atoms with Gasteiger partial charge in [-0.05, 0) is 42.5 Å². The van der Waals surface area contributed by atoms with Gasteiger partial charge in [-0.3, -0.25) is 0 Å². The summed E-state index contributed by atoms with van der Waals surface area (Å²) in [5.41, 5.74) is 1.39. The minimum atomic E-state index is -0.532. The molecule has 2 amide bonds. The number of urea groups is 1. The van der Waals surface area contributed by atoms with Crippen LogP contribution in [0.2, 0.25) is 0 Å². The van der Waals surface area contributed by atoms with Crippen molar-refractivity contribution in [2.24, 2.45) is 0 Å². The summed E-state index contributed by atoms with van der Waals surface area (Å²) < 4.78 is 32.5. The van der Waals surface area contributed by atoms with Crippen LogP contribution in [0.1, 0.15) is 5.69 Å². The highest BCUT2D eigenvalue weighted by Gasteiger charge is 2.09. The smallest absolute Gasteiger partial charge is 0.319 e. The highest BCUT2D eigenvalue weighted by atomic mass is 79.9. The van der Waals surface area contributed by atoms with Gasteiger partial charge in [0, 0.05) is 23.0 Å². The summed E-state index contributed by atoms with van der Waals surface area (Å²) in [6.45, 7) is 0.291. The Balaban J connectivity index is 1.50. The second-order valence-corrected chi connectivity index (χ2v) is 6.32. The Morgan fingerprint density at radius 3 is 2.65 bits per heavy atom. The van der Waals surface area contributed by atoms with Crippen molar-refractivity contribution in [3.8, 4) is 11.5 Å². The molecule has 0 bridgehead atoms. The van der Waals surface area contributed by atoms with Gasteiger partial charge in [0.15, 0.2) is 0 Å². The van der Waals surface area contributed by atoms with Crippen molar-refractivity contribution in [1.29, 1.82) is 0 Å².